The van der Waals surface area contributed by atoms with Crippen LogP contribution in [0.1, 0.15) is 39.2 Å². The lowest BCUT2D eigenvalue weighted by Crippen LogP contribution is -2.32. The van der Waals surface area contributed by atoms with Crippen LogP contribution in [0.4, 0.5) is 10.1 Å². The van der Waals surface area contributed by atoms with E-state index >= 15 is 0 Å². The maximum Gasteiger partial charge on any atom is 0.143 e. The molecule has 29 heavy (non-hydrogen) atoms. The number of nitrogens with zero attached hydrogens (tertiary/aromatic N) is 3. The van der Waals surface area contributed by atoms with Crippen molar-refractivity contribution in [2.24, 2.45) is 15.9 Å². The topological polar surface area (TPSA) is 66.3 Å². The third-order valence-corrected chi connectivity index (χ3v) is 5.24. The van der Waals surface area contributed by atoms with E-state index in [0.717, 1.165) is 47.9 Å². The molecule has 0 aromatic heterocycles. The van der Waals surface area contributed by atoms with Gasteiger partial charge in [0.25, 0.3) is 0 Å². The molecule has 156 valence electrons. The molecule has 2 heterocycles. The number of anilines is 1. The zero-order chi connectivity index (χ0) is 20.8. The van der Waals surface area contributed by atoms with Crippen molar-refractivity contribution in [2.75, 3.05) is 31.3 Å². The standard InChI is InChI=1S/C22H29FN4O2/c1-4-24-14-25-22(27-9-7-17-12-19(23)5-6-20(17)27)16(3)26-15(2)11-21(28)18-8-10-29-13-18/h4-6,12,18,25H,7-11,13-14H2,1-3H3/b22-16-,24-4?,26-15?. The Bertz CT molecular complexity index is 841. The quantitative estimate of drug-likeness (QED) is 0.679. The van der Waals surface area contributed by atoms with Gasteiger partial charge in [-0.05, 0) is 63.6 Å². The van der Waals surface area contributed by atoms with Crippen LogP contribution >= 0.6 is 0 Å². The summed E-state index contributed by atoms with van der Waals surface area (Å²) in [6, 6.07) is 4.87. The normalized spacial score (nSPS) is 20.2. The summed E-state index contributed by atoms with van der Waals surface area (Å²) in [4.78, 5) is 23.5. The molecular weight excluding hydrogens is 371 g/mol. The molecule has 1 saturated heterocycles. The summed E-state index contributed by atoms with van der Waals surface area (Å²) >= 11 is 0. The summed E-state index contributed by atoms with van der Waals surface area (Å²) in [6.07, 6.45) is 3.63. The van der Waals surface area contributed by atoms with Gasteiger partial charge in [0.1, 0.15) is 24.1 Å². The van der Waals surface area contributed by atoms with Crippen molar-refractivity contribution in [1.82, 2.24) is 5.32 Å². The molecule has 2 aliphatic rings. The van der Waals surface area contributed by atoms with Crippen LogP contribution < -0.4 is 10.2 Å². The number of benzene rings is 1. The van der Waals surface area contributed by atoms with Crippen LogP contribution in [-0.4, -0.2) is 44.1 Å². The Morgan fingerprint density at radius 3 is 2.97 bits per heavy atom. The number of nitrogens with one attached hydrogen (secondary N) is 1. The molecule has 0 bridgehead atoms. The highest BCUT2D eigenvalue weighted by molar-refractivity contribution is 6.02. The SMILES string of the molecule is CC=NCN/C(=C(\C)N=C(C)CC(=O)C1CCOC1)N1CCc2cc(F)ccc21. The molecule has 1 unspecified atom stereocenters. The smallest absolute Gasteiger partial charge is 0.143 e. The lowest BCUT2D eigenvalue weighted by Gasteiger charge is -2.25. The summed E-state index contributed by atoms with van der Waals surface area (Å²) in [6.45, 7) is 8.01. The molecule has 0 saturated carbocycles. The molecule has 7 heteroatoms. The van der Waals surface area contributed by atoms with Gasteiger partial charge >= 0.3 is 0 Å². The summed E-state index contributed by atoms with van der Waals surface area (Å²) in [5.74, 6) is 0.779. The second kappa shape index (κ2) is 9.78. The monoisotopic (exact) mass is 400 g/mol. The fraction of sp³-hybridized carbons (Fsp3) is 0.500. The van der Waals surface area contributed by atoms with Gasteiger partial charge in [-0.3, -0.25) is 14.8 Å². The van der Waals surface area contributed by atoms with Gasteiger partial charge in [0.05, 0.1) is 12.3 Å². The van der Waals surface area contributed by atoms with E-state index in [-0.39, 0.29) is 17.5 Å². The lowest BCUT2D eigenvalue weighted by atomic mass is 9.99. The van der Waals surface area contributed by atoms with Crippen LogP contribution in [0.15, 0.2) is 39.7 Å². The van der Waals surface area contributed by atoms with Crippen LogP contribution in [0.25, 0.3) is 0 Å². The second-order valence-electron chi connectivity index (χ2n) is 7.44. The average Bonchev–Trinajstić information content (AvgIpc) is 3.35. The van der Waals surface area contributed by atoms with Crippen molar-refractivity contribution in [2.45, 2.75) is 40.0 Å². The lowest BCUT2D eigenvalue weighted by molar-refractivity contribution is -0.121. The molecule has 1 fully saturated rings. The number of carbonyl (C=O) groups is 1. The van der Waals surface area contributed by atoms with Gasteiger partial charge in [-0.15, -0.1) is 0 Å². The average molecular weight is 400 g/mol. The number of fused-ring (bicyclic) bond motifs is 1. The highest BCUT2D eigenvalue weighted by Crippen LogP contribution is 2.32. The Balaban J connectivity index is 1.83. The van der Waals surface area contributed by atoms with Gasteiger partial charge in [-0.2, -0.15) is 0 Å². The minimum Gasteiger partial charge on any atom is -0.381 e. The van der Waals surface area contributed by atoms with E-state index in [0.29, 0.717) is 26.3 Å². The molecular formula is C22H29FN4O2. The van der Waals surface area contributed by atoms with Gasteiger partial charge in [-0.1, -0.05) is 0 Å². The Morgan fingerprint density at radius 1 is 1.41 bits per heavy atom. The number of ether oxygens (including phenoxy) is 1. The molecule has 1 aromatic carbocycles. The Morgan fingerprint density at radius 2 is 2.24 bits per heavy atom. The maximum atomic E-state index is 13.6. The van der Waals surface area contributed by atoms with E-state index in [1.54, 1.807) is 18.3 Å². The Labute approximate surface area is 171 Å². The van der Waals surface area contributed by atoms with Crippen molar-refractivity contribution >= 4 is 23.4 Å². The molecule has 1 N–H and O–H groups in total. The van der Waals surface area contributed by atoms with E-state index in [1.165, 1.54) is 6.07 Å². The van der Waals surface area contributed by atoms with Gasteiger partial charge in [0.15, 0.2) is 0 Å². The molecule has 0 radical (unpaired) electrons. The zero-order valence-electron chi connectivity index (χ0n) is 17.4. The number of rotatable bonds is 8. The van der Waals surface area contributed by atoms with E-state index in [9.17, 15) is 9.18 Å². The van der Waals surface area contributed by atoms with Crippen molar-refractivity contribution in [3.8, 4) is 0 Å². The number of carbonyl (C=O) groups excluding carboxylic acids is 1. The predicted octanol–water partition coefficient (Wildman–Crippen LogP) is 3.47. The van der Waals surface area contributed by atoms with E-state index in [4.69, 9.17) is 9.73 Å². The highest BCUT2D eigenvalue weighted by atomic mass is 19.1. The fourth-order valence-corrected chi connectivity index (χ4v) is 3.80. The van der Waals surface area contributed by atoms with Crippen molar-refractivity contribution in [3.63, 3.8) is 0 Å². The number of Topliss-reactive ketones (excluding diaryl/α,β-unsaturated/α-hetero) is 1. The van der Waals surface area contributed by atoms with E-state index < -0.39 is 0 Å². The largest absolute Gasteiger partial charge is 0.381 e. The predicted molar refractivity (Wildman–Crippen MR) is 114 cm³/mol. The van der Waals surface area contributed by atoms with Crippen molar-refractivity contribution in [1.29, 1.82) is 0 Å². The van der Waals surface area contributed by atoms with Crippen molar-refractivity contribution < 1.29 is 13.9 Å². The summed E-state index contributed by atoms with van der Waals surface area (Å²) in [5.41, 5.74) is 3.51. The molecule has 0 spiro atoms. The minimum atomic E-state index is -0.223. The number of allylic oxidation sites excluding steroid dienone is 1. The summed E-state index contributed by atoms with van der Waals surface area (Å²) in [5, 5.41) is 3.33. The highest BCUT2D eigenvalue weighted by Gasteiger charge is 2.25. The summed E-state index contributed by atoms with van der Waals surface area (Å²) < 4.78 is 18.9. The third-order valence-electron chi connectivity index (χ3n) is 5.24. The van der Waals surface area contributed by atoms with Crippen LogP contribution in [0.3, 0.4) is 0 Å². The number of aliphatic imine (C=N–C) groups is 2. The molecule has 6 nitrogen and oxygen atoms in total. The molecule has 2 aliphatic heterocycles. The summed E-state index contributed by atoms with van der Waals surface area (Å²) in [7, 11) is 0. The third kappa shape index (κ3) is 5.29. The minimum absolute atomic E-state index is 0.0127. The molecule has 1 aromatic rings. The molecule has 1 atom stereocenters. The van der Waals surface area contributed by atoms with E-state index in [2.05, 4.69) is 15.2 Å². The first kappa shape index (κ1) is 21.2. The number of hydrogen-bond donors (Lipinski definition) is 1. The number of hydrogen-bond acceptors (Lipinski definition) is 6. The molecule has 0 amide bonds. The van der Waals surface area contributed by atoms with Gasteiger partial charge in [-0.25, -0.2) is 4.39 Å². The first-order valence-corrected chi connectivity index (χ1v) is 10.1. The molecule has 3 rings (SSSR count). The van der Waals surface area contributed by atoms with Crippen LogP contribution in [-0.2, 0) is 16.0 Å². The van der Waals surface area contributed by atoms with E-state index in [1.807, 2.05) is 20.8 Å². The Hall–Kier alpha value is -2.54. The fourth-order valence-electron chi connectivity index (χ4n) is 3.80. The van der Waals surface area contributed by atoms with Crippen LogP contribution in [0.5, 0.6) is 0 Å². The maximum absolute atomic E-state index is 13.6. The van der Waals surface area contributed by atoms with Gasteiger partial charge in [0.2, 0.25) is 0 Å². The van der Waals surface area contributed by atoms with Crippen molar-refractivity contribution in [3.05, 3.63) is 41.1 Å². The molecule has 0 aliphatic carbocycles. The van der Waals surface area contributed by atoms with Gasteiger partial charge < -0.3 is 15.0 Å². The number of ketones is 1. The number of halogens is 1. The second-order valence-corrected chi connectivity index (χ2v) is 7.44. The Kier molecular flexibility index (Phi) is 7.14. The van der Waals surface area contributed by atoms with Crippen LogP contribution in [0.2, 0.25) is 0 Å². The first-order valence-electron chi connectivity index (χ1n) is 10.1. The zero-order valence-corrected chi connectivity index (χ0v) is 17.4. The first-order chi connectivity index (χ1) is 14.0. The van der Waals surface area contributed by atoms with Gasteiger partial charge in [0, 0.05) is 36.9 Å². The van der Waals surface area contributed by atoms with Crippen LogP contribution in [0, 0.1) is 11.7 Å².